The molecule has 2 aromatic rings. The van der Waals surface area contributed by atoms with Gasteiger partial charge in [0.25, 0.3) is 0 Å². The Kier molecular flexibility index (Phi) is 22.2. The number of carbonyl (C=O) groups excluding carboxylic acids is 4. The number of nitrogens with one attached hydrogen (secondary N) is 3. The quantitative estimate of drug-likeness (QED) is 0.0252. The van der Waals surface area contributed by atoms with Crippen LogP contribution in [0.3, 0.4) is 0 Å². The molecular weight excluding hydrogens is 992 g/mol. The maximum absolute atomic E-state index is 13.7. The van der Waals surface area contributed by atoms with Gasteiger partial charge < -0.3 is 18.9 Å². The first-order valence-corrected chi connectivity index (χ1v) is 25.1. The first-order valence-electron chi connectivity index (χ1n) is 25.8. The van der Waals surface area contributed by atoms with Crippen molar-refractivity contribution in [1.29, 1.82) is 5.31 Å². The number of benzene rings is 2. The summed E-state index contributed by atoms with van der Waals surface area (Å²) < 4.78 is 110. The predicted octanol–water partition coefficient (Wildman–Crippen LogP) is 5.50. The van der Waals surface area contributed by atoms with E-state index < -0.39 is 129 Å². The minimum atomic E-state index is -5.36. The molecule has 412 valence electrons. The molecule has 4 fully saturated rings. The number of carbonyl (C=O) groups is 4. The van der Waals surface area contributed by atoms with Gasteiger partial charge in [0.2, 0.25) is 0 Å². The third-order valence-electron chi connectivity index (χ3n) is 14.0. The molecule has 0 spiro atoms. The Hall–Kier alpha value is -5.08. The Morgan fingerprint density at radius 1 is 0.933 bits per heavy atom. The van der Waals surface area contributed by atoms with Gasteiger partial charge in [-0.05, 0) is 23.6 Å². The summed E-state index contributed by atoms with van der Waals surface area (Å²) in [5, 5.41) is 27.7. The number of rotatable bonds is 24. The second-order valence-corrected chi connectivity index (χ2v) is 19.1. The summed E-state index contributed by atoms with van der Waals surface area (Å²) in [4.78, 5) is 55.8. The third-order valence-corrected chi connectivity index (χ3v) is 14.0. The van der Waals surface area contributed by atoms with Crippen molar-refractivity contribution in [3.63, 3.8) is 0 Å². The van der Waals surface area contributed by atoms with Gasteiger partial charge in [0, 0.05) is 10.8 Å². The van der Waals surface area contributed by atoms with Crippen molar-refractivity contribution in [2.24, 2.45) is 22.9 Å². The van der Waals surface area contributed by atoms with Gasteiger partial charge in [0.05, 0.1) is 32.5 Å². The normalized spacial score (nSPS) is 30.8. The Bertz CT molecular complexity index is 2230. The van der Waals surface area contributed by atoms with Crippen molar-refractivity contribution in [3.05, 3.63) is 82.2 Å². The fraction of sp³-hybridized carbons (Fsp3) is 0.680. The van der Waals surface area contributed by atoms with E-state index >= 15 is 0 Å². The molecule has 2 heterocycles. The van der Waals surface area contributed by atoms with Gasteiger partial charge >= 0.3 is 259 Å². The minimum absolute atomic E-state index is 0.0414. The molecule has 0 radical (unpaired) electrons. The zero-order valence-electron chi connectivity index (χ0n) is 43.1. The number of hydrogen-bond donors (Lipinski definition) is 4. The van der Waals surface area contributed by atoms with Crippen molar-refractivity contribution in [2.45, 2.75) is 171 Å². The number of alkyl halides is 3. The number of aliphatic hydroxyl groups is 1. The standard InChI is InChI=1S/C50H68BF3N6O15/c1-5-67-27-37-40(62)43(71-36(46(64)75-51-55)21-30-15-9-6-10-16-30)39(58-38(61)24-57-49(65)50(52,53)54)47(73-37)72-35-23-33(45(63)66-4)22-34(59-60-56)42(35)74-48-44(69-26-32-19-13-8-14-20-32)41(28(2)29(3)70-48)68-25-31-17-11-7-12-18-31/h7-8,11-14,17-20,28-30,33-37,39-44,47-48,55,62H,5-6,9-10,15-16,21-27H2,1-4H3,(H,57,65)(H,58,61)/t28-,29?,33?,34?,35-,36+,37+,39?,40+,41+,42-,43?,44?,47-,48+/m1/s1/i1T. The van der Waals surface area contributed by atoms with Crippen LogP contribution in [0.15, 0.2) is 65.8 Å². The average Bonchev–Trinajstić information content (AvgIpc) is 3.42. The SMILES string of the molecule is [3H]CCOC[C@@H]1O[C@@H](O[C@@H]2CC(C(=O)OC)CC(N=[N+]=[N-])[C@H]2O[C@@H]2OC(C)[C@@H](C)[C@H](OCc3ccccc3)C2OCc2ccccc2)C(NC(=O)CNC(=O)C(F)(F)F)C(O[C@@H](CC2CCCCC2)C(=O)OB=N)[C@H]1O. The number of hydrogen-bond acceptors (Lipinski definition) is 17. The Morgan fingerprint density at radius 2 is 1.60 bits per heavy atom. The predicted molar refractivity (Wildman–Crippen MR) is 258 cm³/mol. The zero-order valence-corrected chi connectivity index (χ0v) is 42.1. The van der Waals surface area contributed by atoms with Gasteiger partial charge in [-0.15, -0.1) is 0 Å². The average molecular weight is 1060 g/mol. The Morgan fingerprint density at radius 3 is 2.21 bits per heavy atom. The van der Waals surface area contributed by atoms with Gasteiger partial charge in [0.1, 0.15) is 6.10 Å². The van der Waals surface area contributed by atoms with Crippen LogP contribution in [-0.2, 0) is 79.7 Å². The van der Waals surface area contributed by atoms with Crippen LogP contribution in [0.25, 0.3) is 10.4 Å². The molecule has 4 N–H and O–H groups in total. The fourth-order valence-corrected chi connectivity index (χ4v) is 10.00. The summed E-state index contributed by atoms with van der Waals surface area (Å²) in [6.45, 7) is 2.04. The van der Waals surface area contributed by atoms with Gasteiger partial charge in [-0.1, -0.05) is 67.6 Å². The van der Waals surface area contributed by atoms with Crippen LogP contribution in [0, 0.1) is 23.1 Å². The fourth-order valence-electron chi connectivity index (χ4n) is 10.00. The van der Waals surface area contributed by atoms with E-state index in [9.17, 15) is 43.0 Å². The number of aliphatic hydroxyl groups excluding tert-OH is 1. The van der Waals surface area contributed by atoms with Gasteiger partial charge in [-0.2, -0.15) is 13.2 Å². The second kappa shape index (κ2) is 28.9. The van der Waals surface area contributed by atoms with E-state index in [4.69, 9.17) is 54.0 Å². The molecule has 2 saturated heterocycles. The number of azide groups is 1. The molecule has 0 bridgehead atoms. The van der Waals surface area contributed by atoms with Crippen LogP contribution >= 0.6 is 0 Å². The summed E-state index contributed by atoms with van der Waals surface area (Å²) >= 11 is 0. The number of nitrogens with zero attached hydrogens (tertiary/aromatic N) is 3. The van der Waals surface area contributed by atoms with Crippen LogP contribution < -0.4 is 10.6 Å². The van der Waals surface area contributed by atoms with Crippen LogP contribution in [0.5, 0.6) is 0 Å². The Balaban J connectivity index is 1.42. The van der Waals surface area contributed by atoms with Crippen LogP contribution in [0.2, 0.25) is 0 Å². The van der Waals surface area contributed by atoms with Gasteiger partial charge in [-0.25, -0.2) is 0 Å². The summed E-state index contributed by atoms with van der Waals surface area (Å²) in [6.07, 6.45) is -16.1. The molecule has 15 atom stereocenters. The molecule has 2 aliphatic carbocycles. The topological polar surface area (TPSA) is 277 Å². The van der Waals surface area contributed by atoms with Crippen molar-refractivity contribution in [1.82, 2.24) is 10.6 Å². The zero-order chi connectivity index (χ0) is 54.8. The van der Waals surface area contributed by atoms with Crippen molar-refractivity contribution >= 4 is 31.0 Å². The maximum atomic E-state index is 13.7. The summed E-state index contributed by atoms with van der Waals surface area (Å²) in [5.41, 5.74) is 11.7. The summed E-state index contributed by atoms with van der Waals surface area (Å²) in [6, 6.07) is 15.8. The van der Waals surface area contributed by atoms with E-state index in [1.165, 1.54) is 5.32 Å². The number of halogens is 3. The second-order valence-electron chi connectivity index (χ2n) is 19.1. The number of amides is 2. The molecule has 25 heteroatoms. The molecule has 6 unspecified atom stereocenters. The molecular formula is C50H68BF3N6O15. The number of esters is 1. The third kappa shape index (κ3) is 16.7. The Labute approximate surface area is 435 Å². The molecule has 21 nitrogen and oxygen atoms in total. The first-order chi connectivity index (χ1) is 36.5. The molecule has 6 rings (SSSR count). The van der Waals surface area contributed by atoms with Crippen LogP contribution in [0.4, 0.5) is 13.2 Å². The summed E-state index contributed by atoms with van der Waals surface area (Å²) in [7, 11) is 1.57. The summed E-state index contributed by atoms with van der Waals surface area (Å²) in [5.74, 6) is -6.80. The molecule has 2 aliphatic heterocycles. The number of methoxy groups -OCH3 is 1. The van der Waals surface area contributed by atoms with Crippen molar-refractivity contribution < 1.29 is 86.1 Å². The van der Waals surface area contributed by atoms with E-state index in [0.717, 1.165) is 37.5 Å². The van der Waals surface area contributed by atoms with E-state index in [1.54, 1.807) is 0 Å². The van der Waals surface area contributed by atoms with Crippen LogP contribution in [-0.4, -0.2) is 149 Å². The molecule has 4 aliphatic rings. The van der Waals surface area contributed by atoms with Crippen molar-refractivity contribution in [3.8, 4) is 0 Å². The van der Waals surface area contributed by atoms with Gasteiger partial charge in [0.15, 0.2) is 0 Å². The first kappa shape index (κ1) is 57.6. The van der Waals surface area contributed by atoms with Crippen LogP contribution in [0.1, 0.15) is 84.6 Å². The van der Waals surface area contributed by atoms with Crippen molar-refractivity contribution in [2.75, 3.05) is 26.9 Å². The monoisotopic (exact) mass is 1060 g/mol. The molecule has 2 saturated carbocycles. The van der Waals surface area contributed by atoms with E-state index in [-0.39, 0.29) is 57.8 Å². The molecule has 2 amide bonds. The van der Waals surface area contributed by atoms with E-state index in [0.29, 0.717) is 20.1 Å². The van der Waals surface area contributed by atoms with E-state index in [1.807, 2.05) is 74.5 Å². The van der Waals surface area contributed by atoms with Gasteiger partial charge in [-0.3, -0.25) is 4.79 Å². The molecule has 0 aromatic heterocycles. The van der Waals surface area contributed by atoms with E-state index in [2.05, 4.69) is 15.3 Å². The molecule has 2 aromatic carbocycles. The molecule has 75 heavy (non-hydrogen) atoms. The number of ether oxygens (including phenoxy) is 9.